The highest BCUT2D eigenvalue weighted by Crippen LogP contribution is 2.32. The average molecular weight is 340 g/mol. The average Bonchev–Trinajstić information content (AvgIpc) is 2.93. The normalized spacial score (nSPS) is 23.6. The van der Waals surface area contributed by atoms with E-state index in [9.17, 15) is 0 Å². The maximum Gasteiger partial charge on any atom is 0.226 e. The topological polar surface area (TPSA) is 50.3 Å². The third kappa shape index (κ3) is 3.30. The maximum atomic E-state index is 5.39. The highest BCUT2D eigenvalue weighted by atomic mass is 16.5. The van der Waals surface area contributed by atoms with Gasteiger partial charge in [0.15, 0.2) is 0 Å². The van der Waals surface area contributed by atoms with Gasteiger partial charge >= 0.3 is 0 Å². The van der Waals surface area contributed by atoms with Crippen molar-refractivity contribution >= 4 is 11.5 Å². The van der Waals surface area contributed by atoms with E-state index in [1.807, 2.05) is 0 Å². The predicted octanol–water partition coefficient (Wildman–Crippen LogP) is 2.86. The number of hydrogen-bond acceptors (Lipinski definition) is 5. The van der Waals surface area contributed by atoms with Crippen LogP contribution in [-0.4, -0.2) is 42.8 Å². The second kappa shape index (κ2) is 7.16. The number of nitrogens with one attached hydrogen (secondary N) is 1. The van der Waals surface area contributed by atoms with Crippen LogP contribution in [0.25, 0.3) is 5.57 Å². The number of nitrogens with zero attached hydrogens (tertiary/aromatic N) is 3. The maximum absolute atomic E-state index is 5.39. The van der Waals surface area contributed by atoms with E-state index >= 15 is 0 Å². The Morgan fingerprint density at radius 2 is 2.00 bits per heavy atom. The zero-order valence-electron chi connectivity index (χ0n) is 15.3. The Hall–Kier alpha value is -1.88. The molecule has 1 aromatic heterocycles. The monoisotopic (exact) mass is 340 g/mol. The van der Waals surface area contributed by atoms with E-state index in [1.54, 1.807) is 7.11 Å². The van der Waals surface area contributed by atoms with Crippen molar-refractivity contribution in [2.24, 2.45) is 0 Å². The number of rotatable bonds is 3. The zero-order chi connectivity index (χ0) is 17.2. The largest absolute Gasteiger partial charge is 0.501 e. The molecule has 0 amide bonds. The summed E-state index contributed by atoms with van der Waals surface area (Å²) in [4.78, 5) is 12.5. The molecule has 1 unspecified atom stereocenters. The number of ether oxygens (including phenoxy) is 1. The van der Waals surface area contributed by atoms with Gasteiger partial charge in [0.2, 0.25) is 5.95 Å². The molecule has 1 N–H and O–H groups in total. The van der Waals surface area contributed by atoms with Crippen molar-refractivity contribution in [3.05, 3.63) is 34.9 Å². The van der Waals surface area contributed by atoms with Crippen LogP contribution in [0.3, 0.4) is 0 Å². The molecule has 5 nitrogen and oxygen atoms in total. The van der Waals surface area contributed by atoms with Gasteiger partial charge in [-0.25, -0.2) is 9.97 Å². The summed E-state index contributed by atoms with van der Waals surface area (Å²) in [6.45, 7) is 5.38. The van der Waals surface area contributed by atoms with Crippen LogP contribution in [0.2, 0.25) is 0 Å². The summed E-state index contributed by atoms with van der Waals surface area (Å²) in [5, 5.41) is 3.51. The molecule has 3 heterocycles. The van der Waals surface area contributed by atoms with E-state index in [1.165, 1.54) is 35.4 Å². The molecule has 25 heavy (non-hydrogen) atoms. The molecule has 134 valence electrons. The van der Waals surface area contributed by atoms with E-state index in [4.69, 9.17) is 14.7 Å². The van der Waals surface area contributed by atoms with Crippen LogP contribution in [0.4, 0.5) is 5.95 Å². The lowest BCUT2D eigenvalue weighted by Crippen LogP contribution is -2.29. The third-order valence-electron chi connectivity index (χ3n) is 5.66. The number of allylic oxidation sites excluding steroid dienone is 4. The molecule has 0 spiro atoms. The molecule has 4 rings (SSSR count). The number of aromatic nitrogens is 2. The zero-order valence-corrected chi connectivity index (χ0v) is 15.3. The lowest BCUT2D eigenvalue weighted by molar-refractivity contribution is 0.277. The lowest BCUT2D eigenvalue weighted by Gasteiger charge is -2.25. The van der Waals surface area contributed by atoms with Crippen molar-refractivity contribution in [3.8, 4) is 0 Å². The number of methoxy groups -OCH3 is 1. The van der Waals surface area contributed by atoms with E-state index in [0.717, 1.165) is 57.0 Å². The van der Waals surface area contributed by atoms with Gasteiger partial charge in [-0.3, -0.25) is 0 Å². The van der Waals surface area contributed by atoms with Gasteiger partial charge in [0.25, 0.3) is 0 Å². The van der Waals surface area contributed by atoms with Gasteiger partial charge in [0.05, 0.1) is 24.3 Å². The summed E-state index contributed by atoms with van der Waals surface area (Å²) < 4.78 is 5.39. The van der Waals surface area contributed by atoms with E-state index in [0.29, 0.717) is 6.04 Å². The molecule has 0 radical (unpaired) electrons. The first-order valence-electron chi connectivity index (χ1n) is 9.57. The van der Waals surface area contributed by atoms with Gasteiger partial charge in [-0.2, -0.15) is 0 Å². The minimum Gasteiger partial charge on any atom is -0.501 e. The molecule has 1 saturated heterocycles. The summed E-state index contributed by atoms with van der Waals surface area (Å²) >= 11 is 0. The van der Waals surface area contributed by atoms with Gasteiger partial charge < -0.3 is 15.0 Å². The lowest BCUT2D eigenvalue weighted by atomic mass is 9.95. The molecule has 1 aliphatic carbocycles. The summed E-state index contributed by atoms with van der Waals surface area (Å²) in [6, 6.07) is 0.537. The summed E-state index contributed by atoms with van der Waals surface area (Å²) in [6.07, 6.45) is 10.7. The first-order chi connectivity index (χ1) is 12.3. The fourth-order valence-corrected chi connectivity index (χ4v) is 4.14. The SMILES string of the molecule is COC1=CC=C(c2nc(N3CCCC3C)nc3c2CCNCC3)CC1. The molecule has 5 heteroatoms. The van der Waals surface area contributed by atoms with E-state index < -0.39 is 0 Å². The van der Waals surface area contributed by atoms with Crippen LogP contribution < -0.4 is 10.2 Å². The highest BCUT2D eigenvalue weighted by Gasteiger charge is 2.26. The smallest absolute Gasteiger partial charge is 0.226 e. The Bertz CT molecular complexity index is 710. The fraction of sp³-hybridized carbons (Fsp3) is 0.600. The van der Waals surface area contributed by atoms with Crippen molar-refractivity contribution in [1.82, 2.24) is 15.3 Å². The van der Waals surface area contributed by atoms with Crippen LogP contribution in [0.15, 0.2) is 17.9 Å². The van der Waals surface area contributed by atoms with Crippen molar-refractivity contribution in [3.63, 3.8) is 0 Å². The van der Waals surface area contributed by atoms with E-state index in [2.05, 4.69) is 29.3 Å². The quantitative estimate of drug-likeness (QED) is 0.917. The standard InChI is InChI=1S/C20H28N4O/c1-14-4-3-13-24(14)20-22-18-10-12-21-11-9-17(18)19(23-20)15-5-7-16(25-2)8-6-15/h5,7,14,21H,3-4,6,8-13H2,1-2H3. The van der Waals surface area contributed by atoms with Crippen molar-refractivity contribution < 1.29 is 4.74 Å². The van der Waals surface area contributed by atoms with Crippen LogP contribution >= 0.6 is 0 Å². The van der Waals surface area contributed by atoms with Gasteiger partial charge in [-0.1, -0.05) is 6.08 Å². The fourth-order valence-electron chi connectivity index (χ4n) is 4.14. The second-order valence-corrected chi connectivity index (χ2v) is 7.26. The highest BCUT2D eigenvalue weighted by molar-refractivity contribution is 5.70. The summed E-state index contributed by atoms with van der Waals surface area (Å²) in [5.74, 6) is 1.99. The van der Waals surface area contributed by atoms with Gasteiger partial charge in [-0.15, -0.1) is 0 Å². The second-order valence-electron chi connectivity index (χ2n) is 7.26. The number of hydrogen-bond donors (Lipinski definition) is 1. The molecule has 1 atom stereocenters. The molecular formula is C20H28N4O. The Morgan fingerprint density at radius 3 is 2.72 bits per heavy atom. The number of fused-ring (bicyclic) bond motifs is 1. The Balaban J connectivity index is 1.78. The van der Waals surface area contributed by atoms with Crippen LogP contribution in [0, 0.1) is 0 Å². The van der Waals surface area contributed by atoms with Crippen molar-refractivity contribution in [1.29, 1.82) is 0 Å². The van der Waals surface area contributed by atoms with Crippen LogP contribution in [0.1, 0.15) is 49.6 Å². The predicted molar refractivity (Wildman–Crippen MR) is 101 cm³/mol. The molecular weight excluding hydrogens is 312 g/mol. The van der Waals surface area contributed by atoms with Crippen LogP contribution in [-0.2, 0) is 17.6 Å². The first-order valence-corrected chi connectivity index (χ1v) is 9.57. The van der Waals surface area contributed by atoms with E-state index in [-0.39, 0.29) is 0 Å². The van der Waals surface area contributed by atoms with Crippen molar-refractivity contribution in [2.75, 3.05) is 31.6 Å². The molecule has 3 aliphatic rings. The Morgan fingerprint density at radius 1 is 1.12 bits per heavy atom. The molecule has 1 aromatic rings. The molecule has 0 bridgehead atoms. The Labute approximate surface area is 150 Å². The minimum atomic E-state index is 0.537. The molecule has 2 aliphatic heterocycles. The minimum absolute atomic E-state index is 0.537. The number of anilines is 1. The Kier molecular flexibility index (Phi) is 4.75. The van der Waals surface area contributed by atoms with Gasteiger partial charge in [0, 0.05) is 37.5 Å². The van der Waals surface area contributed by atoms with Crippen LogP contribution in [0.5, 0.6) is 0 Å². The molecule has 0 saturated carbocycles. The third-order valence-corrected chi connectivity index (χ3v) is 5.66. The molecule has 1 fully saturated rings. The molecule has 0 aromatic carbocycles. The van der Waals surface area contributed by atoms with Gasteiger partial charge in [0.1, 0.15) is 0 Å². The van der Waals surface area contributed by atoms with Crippen molar-refractivity contribution in [2.45, 2.75) is 51.5 Å². The van der Waals surface area contributed by atoms with Gasteiger partial charge in [-0.05, 0) is 50.8 Å². The summed E-state index contributed by atoms with van der Waals surface area (Å²) in [5.41, 5.74) is 5.09. The summed E-state index contributed by atoms with van der Waals surface area (Å²) in [7, 11) is 1.75. The first kappa shape index (κ1) is 16.6.